The molecule has 0 aromatic carbocycles. The third-order valence-corrected chi connectivity index (χ3v) is 2.53. The summed E-state index contributed by atoms with van der Waals surface area (Å²) in [5.74, 6) is -0.451. The molecule has 0 aliphatic carbocycles. The summed E-state index contributed by atoms with van der Waals surface area (Å²) in [6.07, 6.45) is 4.24. The van der Waals surface area contributed by atoms with Crippen molar-refractivity contribution in [3.63, 3.8) is 0 Å². The zero-order chi connectivity index (χ0) is 12.2. The molecule has 4 nitrogen and oxygen atoms in total. The van der Waals surface area contributed by atoms with E-state index in [2.05, 4.69) is 0 Å². The maximum atomic E-state index is 11.3. The van der Waals surface area contributed by atoms with Crippen LogP contribution in [-0.4, -0.2) is 35.5 Å². The van der Waals surface area contributed by atoms with E-state index in [-0.39, 0.29) is 17.4 Å². The van der Waals surface area contributed by atoms with Gasteiger partial charge in [-0.1, -0.05) is 6.92 Å². The lowest BCUT2D eigenvalue weighted by Crippen LogP contribution is -2.36. The first kappa shape index (κ1) is 12.9. The fraction of sp³-hybridized carbons (Fsp3) is 0.667. The van der Waals surface area contributed by atoms with Crippen molar-refractivity contribution in [1.29, 1.82) is 0 Å². The molecule has 0 saturated carbocycles. The maximum absolute atomic E-state index is 11.3. The minimum absolute atomic E-state index is 0.226. The molecule has 4 heteroatoms. The van der Waals surface area contributed by atoms with Crippen molar-refractivity contribution in [2.24, 2.45) is 0 Å². The van der Waals surface area contributed by atoms with Gasteiger partial charge in [-0.05, 0) is 26.7 Å². The summed E-state index contributed by atoms with van der Waals surface area (Å²) < 4.78 is 5.64. The van der Waals surface area contributed by atoms with Crippen LogP contribution in [0.5, 0.6) is 0 Å². The van der Waals surface area contributed by atoms with Crippen molar-refractivity contribution in [1.82, 2.24) is 4.90 Å². The molecule has 0 bridgehead atoms. The summed E-state index contributed by atoms with van der Waals surface area (Å²) in [4.78, 5) is 23.8. The van der Waals surface area contributed by atoms with Gasteiger partial charge in [-0.2, -0.15) is 0 Å². The SMILES string of the molecule is CCCOC(C)(C)CCN1C(=O)C=CC1=O. The smallest absolute Gasteiger partial charge is 0.253 e. The monoisotopic (exact) mass is 225 g/mol. The molecule has 0 fully saturated rings. The van der Waals surface area contributed by atoms with E-state index in [9.17, 15) is 9.59 Å². The number of hydrogen-bond donors (Lipinski definition) is 0. The van der Waals surface area contributed by atoms with E-state index in [4.69, 9.17) is 4.74 Å². The molecule has 0 radical (unpaired) electrons. The van der Waals surface area contributed by atoms with Gasteiger partial charge in [0.05, 0.1) is 5.60 Å². The van der Waals surface area contributed by atoms with Gasteiger partial charge in [-0.15, -0.1) is 0 Å². The van der Waals surface area contributed by atoms with Crippen LogP contribution in [0.3, 0.4) is 0 Å². The Balaban J connectivity index is 2.39. The second kappa shape index (κ2) is 5.25. The quantitative estimate of drug-likeness (QED) is 0.644. The molecule has 1 heterocycles. The molecule has 1 aliphatic heterocycles. The Morgan fingerprint density at radius 1 is 1.25 bits per heavy atom. The van der Waals surface area contributed by atoms with Crippen LogP contribution in [-0.2, 0) is 14.3 Å². The lowest BCUT2D eigenvalue weighted by atomic mass is 10.0. The second-order valence-corrected chi connectivity index (χ2v) is 4.52. The standard InChI is InChI=1S/C12H19NO3/c1-4-9-16-12(2,3)7-8-13-10(14)5-6-11(13)15/h5-6H,4,7-9H2,1-3H3. The first-order chi connectivity index (χ1) is 7.46. The van der Waals surface area contributed by atoms with Crippen molar-refractivity contribution in [3.8, 4) is 0 Å². The van der Waals surface area contributed by atoms with Crippen LogP contribution in [0, 0.1) is 0 Å². The number of imide groups is 1. The molecule has 1 aliphatic rings. The molecule has 0 aromatic heterocycles. The number of hydrogen-bond acceptors (Lipinski definition) is 3. The Kier molecular flexibility index (Phi) is 4.24. The van der Waals surface area contributed by atoms with E-state index in [0.29, 0.717) is 19.6 Å². The third kappa shape index (κ3) is 3.45. The molecule has 0 atom stereocenters. The van der Waals surface area contributed by atoms with Crippen LogP contribution in [0.1, 0.15) is 33.6 Å². The Labute approximate surface area is 96.3 Å². The van der Waals surface area contributed by atoms with E-state index in [1.807, 2.05) is 20.8 Å². The van der Waals surface area contributed by atoms with Gasteiger partial charge in [-0.25, -0.2) is 0 Å². The van der Waals surface area contributed by atoms with Gasteiger partial charge in [0.15, 0.2) is 0 Å². The molecular formula is C12H19NO3. The highest BCUT2D eigenvalue weighted by Gasteiger charge is 2.26. The normalized spacial score (nSPS) is 16.3. The molecule has 0 unspecified atom stereocenters. The van der Waals surface area contributed by atoms with E-state index in [1.165, 1.54) is 17.1 Å². The molecule has 16 heavy (non-hydrogen) atoms. The molecule has 2 amide bonds. The fourth-order valence-corrected chi connectivity index (χ4v) is 1.48. The fourth-order valence-electron chi connectivity index (χ4n) is 1.48. The van der Waals surface area contributed by atoms with Gasteiger partial charge < -0.3 is 4.74 Å². The highest BCUT2D eigenvalue weighted by Crippen LogP contribution is 2.17. The maximum Gasteiger partial charge on any atom is 0.253 e. The predicted octanol–water partition coefficient (Wildman–Crippen LogP) is 1.51. The first-order valence-electron chi connectivity index (χ1n) is 5.64. The summed E-state index contributed by atoms with van der Waals surface area (Å²) >= 11 is 0. The van der Waals surface area contributed by atoms with E-state index in [1.54, 1.807) is 0 Å². The molecule has 0 spiro atoms. The van der Waals surface area contributed by atoms with Gasteiger partial charge in [-0.3, -0.25) is 14.5 Å². The molecule has 0 N–H and O–H groups in total. The van der Waals surface area contributed by atoms with Crippen molar-refractivity contribution < 1.29 is 14.3 Å². The Morgan fingerprint density at radius 2 is 1.81 bits per heavy atom. The number of amides is 2. The van der Waals surface area contributed by atoms with Crippen LogP contribution < -0.4 is 0 Å². The van der Waals surface area contributed by atoms with Crippen LogP contribution in [0.4, 0.5) is 0 Å². The van der Waals surface area contributed by atoms with E-state index in [0.717, 1.165) is 6.42 Å². The summed E-state index contributed by atoms with van der Waals surface area (Å²) in [5, 5.41) is 0. The van der Waals surface area contributed by atoms with Crippen molar-refractivity contribution in [3.05, 3.63) is 12.2 Å². The lowest BCUT2D eigenvalue weighted by molar-refractivity contribution is -0.137. The average Bonchev–Trinajstić information content (AvgIpc) is 2.53. The van der Waals surface area contributed by atoms with Gasteiger partial charge in [0.25, 0.3) is 11.8 Å². The number of nitrogens with zero attached hydrogens (tertiary/aromatic N) is 1. The van der Waals surface area contributed by atoms with Crippen LogP contribution in [0.15, 0.2) is 12.2 Å². The zero-order valence-corrected chi connectivity index (χ0v) is 10.2. The second-order valence-electron chi connectivity index (χ2n) is 4.52. The Morgan fingerprint density at radius 3 is 2.31 bits per heavy atom. The minimum atomic E-state index is -0.292. The van der Waals surface area contributed by atoms with E-state index >= 15 is 0 Å². The number of carbonyl (C=O) groups excluding carboxylic acids is 2. The van der Waals surface area contributed by atoms with Gasteiger partial charge in [0, 0.05) is 25.3 Å². The summed E-state index contributed by atoms with van der Waals surface area (Å²) in [7, 11) is 0. The zero-order valence-electron chi connectivity index (χ0n) is 10.2. The molecule has 90 valence electrons. The van der Waals surface area contributed by atoms with Crippen LogP contribution >= 0.6 is 0 Å². The molecular weight excluding hydrogens is 206 g/mol. The minimum Gasteiger partial charge on any atom is -0.376 e. The molecule has 0 aromatic rings. The summed E-state index contributed by atoms with van der Waals surface area (Å²) in [5.41, 5.74) is -0.292. The van der Waals surface area contributed by atoms with Crippen molar-refractivity contribution in [2.75, 3.05) is 13.2 Å². The van der Waals surface area contributed by atoms with Crippen LogP contribution in [0.25, 0.3) is 0 Å². The Hall–Kier alpha value is -1.16. The third-order valence-electron chi connectivity index (χ3n) is 2.53. The number of carbonyl (C=O) groups is 2. The van der Waals surface area contributed by atoms with Crippen LogP contribution in [0.2, 0.25) is 0 Å². The van der Waals surface area contributed by atoms with Gasteiger partial charge in [0.2, 0.25) is 0 Å². The van der Waals surface area contributed by atoms with Crippen molar-refractivity contribution >= 4 is 11.8 Å². The topological polar surface area (TPSA) is 46.6 Å². The van der Waals surface area contributed by atoms with E-state index < -0.39 is 0 Å². The number of rotatable bonds is 6. The average molecular weight is 225 g/mol. The first-order valence-corrected chi connectivity index (χ1v) is 5.64. The van der Waals surface area contributed by atoms with Gasteiger partial charge >= 0.3 is 0 Å². The molecule has 1 rings (SSSR count). The summed E-state index contributed by atoms with van der Waals surface area (Å²) in [6, 6.07) is 0. The number of ether oxygens (including phenoxy) is 1. The van der Waals surface area contributed by atoms with Gasteiger partial charge in [0.1, 0.15) is 0 Å². The Bertz CT molecular complexity index is 289. The highest BCUT2D eigenvalue weighted by molar-refractivity contribution is 6.12. The summed E-state index contributed by atoms with van der Waals surface area (Å²) in [6.45, 7) is 7.12. The lowest BCUT2D eigenvalue weighted by Gasteiger charge is -2.27. The highest BCUT2D eigenvalue weighted by atomic mass is 16.5. The largest absolute Gasteiger partial charge is 0.376 e. The molecule has 0 saturated heterocycles. The van der Waals surface area contributed by atoms with Crippen molar-refractivity contribution in [2.45, 2.75) is 39.2 Å². The predicted molar refractivity (Wildman–Crippen MR) is 60.8 cm³/mol.